The Morgan fingerprint density at radius 1 is 0.106 bits per heavy atom. The lowest BCUT2D eigenvalue weighted by molar-refractivity contribution is 0.938. The highest BCUT2D eigenvalue weighted by Gasteiger charge is 2.45. The maximum Gasteiger partial charge on any atom is 0.0356 e. The van der Waals surface area contributed by atoms with Crippen molar-refractivity contribution in [1.29, 1.82) is 0 Å². The zero-order valence-corrected chi connectivity index (χ0v) is 82.2. The van der Waals surface area contributed by atoms with Gasteiger partial charge in [-0.2, -0.15) is 0 Å². The van der Waals surface area contributed by atoms with Gasteiger partial charge in [0.15, 0.2) is 0 Å². The van der Waals surface area contributed by atoms with Crippen LogP contribution in [0.15, 0.2) is 449 Å². The molecule has 6 aliphatic rings. The molecular weight excluding hydrogens is 1710 g/mol. The highest BCUT2D eigenvalue weighted by molar-refractivity contribution is 5.97. The molecule has 0 N–H and O–H groups in total. The van der Waals surface area contributed by atoms with E-state index in [4.69, 9.17) is 0 Å². The molecule has 0 radical (unpaired) electrons. The maximum atomic E-state index is 2.48. The van der Waals surface area contributed by atoms with Gasteiger partial charge < -0.3 is 0 Å². The normalized spacial score (nSPS) is 15.5. The lowest BCUT2D eigenvalue weighted by atomic mass is 9.79. The lowest BCUT2D eigenvalue weighted by Crippen LogP contribution is -2.08. The fourth-order valence-corrected chi connectivity index (χ4v) is 25.6. The molecule has 0 spiro atoms. The van der Waals surface area contributed by atoms with E-state index in [1.807, 2.05) is 0 Å². The molecule has 0 nitrogen and oxygen atoms in total. The van der Waals surface area contributed by atoms with Crippen LogP contribution in [0.3, 0.4) is 0 Å². The van der Waals surface area contributed by atoms with Crippen LogP contribution in [0.1, 0.15) is 191 Å². The largest absolute Gasteiger partial charge is 0.0622 e. The van der Waals surface area contributed by atoms with Crippen molar-refractivity contribution in [2.45, 2.75) is 105 Å². The van der Waals surface area contributed by atoms with Crippen LogP contribution in [0.4, 0.5) is 0 Å². The molecule has 142 heavy (non-hydrogen) atoms. The Morgan fingerprint density at radius 2 is 0.268 bits per heavy atom. The van der Waals surface area contributed by atoms with Crippen molar-refractivity contribution in [3.8, 4) is 134 Å². The summed E-state index contributed by atoms with van der Waals surface area (Å²) >= 11 is 0. The van der Waals surface area contributed by atoms with Crippen molar-refractivity contribution in [3.63, 3.8) is 0 Å². The summed E-state index contributed by atoms with van der Waals surface area (Å²) in [6, 6.07) is 170. The molecule has 0 heterocycles. The second kappa shape index (κ2) is 35.5. The number of fused-ring (bicyclic) bond motifs is 21. The fourth-order valence-electron chi connectivity index (χ4n) is 25.6. The first kappa shape index (κ1) is 87.1. The molecule has 6 aliphatic carbocycles. The molecule has 21 aromatic carbocycles. The second-order valence-electron chi connectivity index (χ2n) is 41.1. The first-order chi connectivity index (χ1) is 69.5. The Hall–Kier alpha value is -16.4. The Bertz CT molecular complexity index is 8010. The van der Waals surface area contributed by atoms with E-state index in [9.17, 15) is 0 Å². The summed E-state index contributed by atoms with van der Waals surface area (Å²) in [5.41, 5.74) is 69.7. The molecule has 678 valence electrons. The highest BCUT2D eigenvalue weighted by Crippen LogP contribution is 2.64. The third-order valence-corrected chi connectivity index (χ3v) is 31.2. The van der Waals surface area contributed by atoms with Crippen LogP contribution in [0.5, 0.6) is 0 Å². The molecule has 6 atom stereocenters. The molecule has 6 unspecified atom stereocenters. The summed E-state index contributed by atoms with van der Waals surface area (Å²) in [5.74, 6) is 0.910. The first-order valence-electron chi connectivity index (χ1n) is 50.6. The average molecular weight is 1820 g/mol. The van der Waals surface area contributed by atoms with Gasteiger partial charge in [0.05, 0.1) is 0 Å². The molecule has 0 saturated carbocycles. The number of hydrogen-bond donors (Lipinski definition) is 0. The highest BCUT2D eigenvalue weighted by atomic mass is 14.5. The minimum absolute atomic E-state index is 0.113. The zero-order valence-electron chi connectivity index (χ0n) is 82.2. The molecule has 0 aliphatic heterocycles. The smallest absolute Gasteiger partial charge is 0.0356 e. The molecule has 0 saturated heterocycles. The predicted octanol–water partition coefficient (Wildman–Crippen LogP) is 37.1. The van der Waals surface area contributed by atoms with Crippen LogP contribution in [0.2, 0.25) is 0 Å². The summed E-state index contributed by atoms with van der Waals surface area (Å²) in [6.45, 7) is 22.0. The van der Waals surface area contributed by atoms with Crippen LogP contribution in [0.25, 0.3) is 134 Å². The molecule has 0 amide bonds. The summed E-state index contributed by atoms with van der Waals surface area (Å²) in [7, 11) is 0. The van der Waals surface area contributed by atoms with Gasteiger partial charge in [-0.1, -0.05) is 486 Å². The Balaban J connectivity index is 0.000000112. The van der Waals surface area contributed by atoms with Crippen LogP contribution in [0, 0.1) is 69.2 Å². The van der Waals surface area contributed by atoms with Gasteiger partial charge in [0.2, 0.25) is 0 Å². The molecule has 0 fully saturated rings. The number of aryl methyl sites for hydroxylation is 10. The third kappa shape index (κ3) is 15.3. The van der Waals surface area contributed by atoms with E-state index in [0.29, 0.717) is 0 Å². The topological polar surface area (TPSA) is 0 Å². The van der Waals surface area contributed by atoms with Crippen molar-refractivity contribution >= 4 is 0 Å². The lowest BCUT2D eigenvalue weighted by Gasteiger charge is -2.24. The van der Waals surface area contributed by atoms with E-state index in [2.05, 4.69) is 518 Å². The average Bonchev–Trinajstić information content (AvgIpc) is 1.55. The van der Waals surface area contributed by atoms with Gasteiger partial charge >= 0.3 is 0 Å². The van der Waals surface area contributed by atoms with Crippen molar-refractivity contribution in [1.82, 2.24) is 0 Å². The Labute approximate surface area is 836 Å². The minimum atomic E-state index is 0.113. The van der Waals surface area contributed by atoms with E-state index < -0.39 is 0 Å². The van der Waals surface area contributed by atoms with Crippen molar-refractivity contribution in [3.05, 3.63) is 605 Å². The molecule has 0 heteroatoms. The van der Waals surface area contributed by atoms with Crippen molar-refractivity contribution < 1.29 is 0 Å². The summed E-state index contributed by atoms with van der Waals surface area (Å²) in [6.07, 6.45) is 0. The molecule has 0 aromatic heterocycles. The zero-order chi connectivity index (χ0) is 95.8. The second-order valence-corrected chi connectivity index (χ2v) is 41.1. The maximum absolute atomic E-state index is 2.48. The predicted molar refractivity (Wildman–Crippen MR) is 596 cm³/mol. The summed E-state index contributed by atoms with van der Waals surface area (Å²) < 4.78 is 0. The Morgan fingerprint density at radius 3 is 0.465 bits per heavy atom. The molecule has 0 bridgehead atoms. The van der Waals surface area contributed by atoms with Gasteiger partial charge in [0.25, 0.3) is 0 Å². The van der Waals surface area contributed by atoms with Gasteiger partial charge in [0, 0.05) is 35.5 Å². The quantitative estimate of drug-likeness (QED) is 0.114. The first-order valence-corrected chi connectivity index (χ1v) is 50.6. The number of rotatable bonds is 12. The standard InChI is InChI=1S/2C48H38.C46H34/c2*1-29-20-30(2)23-34(22-29)36-26-37(35-24-31(3)21-32(4)25-35)28-38(27-36)46-42-17-11-9-15-40(42)44-19-18-43-39-14-8-10-16-41(39)45(47(43)48(44)46)33-12-6-5-7-13-33;1-29-16-20-31(21-17-29)34-26-35(32-22-18-30(2)19-23-32)28-36(27-34)44-40-15-9-7-13-38(40)42-25-24-41-37-12-6-8-14-39(37)43(45(41)46(42)44)33-10-4-3-5-11-33/h2*5-28,45-46H,1-4H3;3-28,43-44H,1-2H3. The SMILES string of the molecule is Cc1cc(C)cc(-c2cc(-c3cc(C)cc(C)c3)cc(C3c4ccccc4-c4ccc5c(c43)C(c3ccccc3)c3ccccc3-5)c2)c1.Cc1cc(C)cc(-c2cc(-c3cc(C)cc(C)c3)cc(C3c4ccccc4-c4ccc5c(c43)C(c3ccccc3)c3ccccc3-5)c2)c1.Cc1ccc(-c2cc(-c3ccc(C)cc3)cc(C3c4ccccc4-c4ccc5c(c43)C(c3ccccc3)c3ccccc3-5)c2)cc1. The van der Waals surface area contributed by atoms with Gasteiger partial charge in [0.1, 0.15) is 0 Å². The minimum Gasteiger partial charge on any atom is -0.0622 e. The summed E-state index contributed by atoms with van der Waals surface area (Å²) in [5, 5.41) is 0. The van der Waals surface area contributed by atoms with Gasteiger partial charge in [-0.15, -0.1) is 0 Å². The van der Waals surface area contributed by atoms with E-state index in [1.165, 1.54) is 289 Å². The van der Waals surface area contributed by atoms with Crippen LogP contribution >= 0.6 is 0 Å². The van der Waals surface area contributed by atoms with Gasteiger partial charge in [-0.05, 0) is 321 Å². The molecule has 27 rings (SSSR count). The number of benzene rings is 21. The number of hydrogen-bond acceptors (Lipinski definition) is 0. The van der Waals surface area contributed by atoms with E-state index in [-0.39, 0.29) is 35.5 Å². The monoisotopic (exact) mass is 1810 g/mol. The van der Waals surface area contributed by atoms with E-state index in [0.717, 1.165) is 0 Å². The van der Waals surface area contributed by atoms with E-state index in [1.54, 1.807) is 0 Å². The molecular formula is C142H110. The van der Waals surface area contributed by atoms with Crippen molar-refractivity contribution in [2.24, 2.45) is 0 Å². The fraction of sp³-hybridized carbons (Fsp3) is 0.113. The Kier molecular flexibility index (Phi) is 21.8. The van der Waals surface area contributed by atoms with Crippen LogP contribution < -0.4 is 0 Å². The van der Waals surface area contributed by atoms with Crippen LogP contribution in [-0.2, 0) is 0 Å². The van der Waals surface area contributed by atoms with Gasteiger partial charge in [-0.3, -0.25) is 0 Å². The van der Waals surface area contributed by atoms with Crippen molar-refractivity contribution in [2.75, 3.05) is 0 Å². The van der Waals surface area contributed by atoms with Crippen LogP contribution in [-0.4, -0.2) is 0 Å². The molecule has 21 aromatic rings. The van der Waals surface area contributed by atoms with E-state index >= 15 is 0 Å². The summed E-state index contributed by atoms with van der Waals surface area (Å²) in [4.78, 5) is 0. The van der Waals surface area contributed by atoms with Gasteiger partial charge in [-0.25, -0.2) is 0 Å². The third-order valence-electron chi connectivity index (χ3n) is 31.2.